The maximum absolute atomic E-state index is 11.8. The van der Waals surface area contributed by atoms with Crippen molar-refractivity contribution in [2.45, 2.75) is 12.5 Å². The summed E-state index contributed by atoms with van der Waals surface area (Å²) in [6, 6.07) is 4.82. The first-order valence-electron chi connectivity index (χ1n) is 5.70. The van der Waals surface area contributed by atoms with E-state index in [0.717, 1.165) is 0 Å². The van der Waals surface area contributed by atoms with Crippen LogP contribution in [-0.2, 0) is 4.74 Å². The second-order valence-corrected chi connectivity index (χ2v) is 4.70. The number of hydrogen-bond acceptors (Lipinski definition) is 3. The highest BCUT2D eigenvalue weighted by atomic mass is 35.5. The van der Waals surface area contributed by atoms with Gasteiger partial charge >= 0.3 is 0 Å². The van der Waals surface area contributed by atoms with Crippen molar-refractivity contribution in [1.82, 2.24) is 5.32 Å². The molecular formula is C12H15Cl2F2NO2. The van der Waals surface area contributed by atoms with Gasteiger partial charge in [-0.2, -0.15) is 0 Å². The first-order chi connectivity index (χ1) is 9.00. The molecule has 7 heteroatoms. The average molecular weight is 314 g/mol. The van der Waals surface area contributed by atoms with Crippen molar-refractivity contribution >= 4 is 23.2 Å². The smallest absolute Gasteiger partial charge is 0.261 e. The molecule has 1 atom stereocenters. The Kier molecular flexibility index (Phi) is 7.56. The summed E-state index contributed by atoms with van der Waals surface area (Å²) < 4.78 is 28.2. The van der Waals surface area contributed by atoms with Crippen LogP contribution in [0.2, 0.25) is 10.0 Å². The van der Waals surface area contributed by atoms with Gasteiger partial charge in [0, 0.05) is 28.7 Å². The van der Waals surface area contributed by atoms with Crippen LogP contribution in [0, 0.1) is 0 Å². The minimum absolute atomic E-state index is 0.153. The normalized spacial score (nSPS) is 12.9. The van der Waals surface area contributed by atoms with Crippen molar-refractivity contribution < 1.29 is 18.6 Å². The molecule has 3 nitrogen and oxygen atoms in total. The van der Waals surface area contributed by atoms with Crippen LogP contribution in [-0.4, -0.2) is 37.8 Å². The summed E-state index contributed by atoms with van der Waals surface area (Å²) in [6.07, 6.45) is -3.28. The van der Waals surface area contributed by atoms with Crippen LogP contribution < -0.4 is 5.32 Å². The van der Waals surface area contributed by atoms with Crippen molar-refractivity contribution in [2.75, 3.05) is 26.3 Å². The highest BCUT2D eigenvalue weighted by molar-refractivity contribution is 6.33. The number of rotatable bonds is 8. The molecule has 0 aliphatic heterocycles. The van der Waals surface area contributed by atoms with E-state index in [-0.39, 0.29) is 13.2 Å². The third kappa shape index (κ3) is 6.49. The number of hydrogen-bond donors (Lipinski definition) is 2. The Balaban J connectivity index is 2.27. The number of aliphatic hydroxyl groups excluding tert-OH is 1. The SMILES string of the molecule is OC(CNCCOCC(F)F)c1cc(Cl)ccc1Cl. The van der Waals surface area contributed by atoms with Gasteiger partial charge in [-0.05, 0) is 18.2 Å². The molecule has 0 aromatic heterocycles. The molecule has 0 amide bonds. The maximum atomic E-state index is 11.8. The second-order valence-electron chi connectivity index (χ2n) is 3.85. The van der Waals surface area contributed by atoms with E-state index in [1.807, 2.05) is 0 Å². The van der Waals surface area contributed by atoms with E-state index in [0.29, 0.717) is 22.2 Å². The fourth-order valence-corrected chi connectivity index (χ4v) is 1.86. The molecule has 19 heavy (non-hydrogen) atoms. The van der Waals surface area contributed by atoms with Crippen molar-refractivity contribution in [1.29, 1.82) is 0 Å². The summed E-state index contributed by atoms with van der Waals surface area (Å²) in [5.41, 5.74) is 0.523. The largest absolute Gasteiger partial charge is 0.387 e. The lowest BCUT2D eigenvalue weighted by Gasteiger charge is -2.14. The Hall–Kier alpha value is -0.460. The van der Waals surface area contributed by atoms with Gasteiger partial charge in [-0.3, -0.25) is 0 Å². The zero-order valence-electron chi connectivity index (χ0n) is 10.1. The molecule has 0 saturated carbocycles. The highest BCUT2D eigenvalue weighted by Gasteiger charge is 2.11. The van der Waals surface area contributed by atoms with E-state index in [9.17, 15) is 13.9 Å². The van der Waals surface area contributed by atoms with Crippen LogP contribution in [0.15, 0.2) is 18.2 Å². The molecule has 2 N–H and O–H groups in total. The van der Waals surface area contributed by atoms with Crippen molar-refractivity contribution in [3.05, 3.63) is 33.8 Å². The van der Waals surface area contributed by atoms with Gasteiger partial charge in [0.05, 0.1) is 12.7 Å². The predicted octanol–water partition coefficient (Wildman–Crippen LogP) is 2.90. The molecule has 108 valence electrons. The third-order valence-corrected chi connectivity index (χ3v) is 2.90. The van der Waals surface area contributed by atoms with Gasteiger partial charge < -0.3 is 15.2 Å². The molecule has 0 saturated heterocycles. The van der Waals surface area contributed by atoms with Gasteiger partial charge in [-0.15, -0.1) is 0 Å². The van der Waals surface area contributed by atoms with Gasteiger partial charge in [0.2, 0.25) is 0 Å². The Morgan fingerprint density at radius 1 is 1.32 bits per heavy atom. The standard InChI is InChI=1S/C12H15Cl2F2NO2/c13-8-1-2-10(14)9(5-8)11(18)6-17-3-4-19-7-12(15)16/h1-2,5,11-12,17-18H,3-4,6-7H2. The van der Waals surface area contributed by atoms with Gasteiger partial charge in [0.25, 0.3) is 6.43 Å². The third-order valence-electron chi connectivity index (χ3n) is 2.32. The highest BCUT2D eigenvalue weighted by Crippen LogP contribution is 2.25. The Bertz CT molecular complexity index is 394. The second kappa shape index (κ2) is 8.66. The first-order valence-corrected chi connectivity index (χ1v) is 6.46. The van der Waals surface area contributed by atoms with Crippen LogP contribution >= 0.6 is 23.2 Å². The summed E-state index contributed by atoms with van der Waals surface area (Å²) >= 11 is 11.7. The lowest BCUT2D eigenvalue weighted by atomic mass is 10.1. The molecule has 1 aromatic rings. The Morgan fingerprint density at radius 2 is 2.05 bits per heavy atom. The molecule has 1 aromatic carbocycles. The van der Waals surface area contributed by atoms with Gasteiger partial charge in [-0.25, -0.2) is 8.78 Å². The lowest BCUT2D eigenvalue weighted by Crippen LogP contribution is -2.26. The average Bonchev–Trinajstić information content (AvgIpc) is 2.36. The summed E-state index contributed by atoms with van der Waals surface area (Å²) in [4.78, 5) is 0. The van der Waals surface area contributed by atoms with E-state index in [1.54, 1.807) is 18.2 Å². The molecule has 0 bridgehead atoms. The first kappa shape index (κ1) is 16.6. The molecule has 0 aliphatic rings. The van der Waals surface area contributed by atoms with Crippen LogP contribution in [0.5, 0.6) is 0 Å². The predicted molar refractivity (Wildman–Crippen MR) is 71.1 cm³/mol. The Morgan fingerprint density at radius 3 is 2.74 bits per heavy atom. The van der Waals surface area contributed by atoms with E-state index in [2.05, 4.69) is 10.1 Å². The molecule has 0 heterocycles. The van der Waals surface area contributed by atoms with Crippen molar-refractivity contribution in [3.63, 3.8) is 0 Å². The van der Waals surface area contributed by atoms with Crippen LogP contribution in [0.25, 0.3) is 0 Å². The molecule has 0 radical (unpaired) electrons. The lowest BCUT2D eigenvalue weighted by molar-refractivity contribution is 0.0181. The minimum Gasteiger partial charge on any atom is -0.387 e. The molecule has 0 spiro atoms. The van der Waals surface area contributed by atoms with E-state index < -0.39 is 19.1 Å². The zero-order valence-corrected chi connectivity index (χ0v) is 11.6. The van der Waals surface area contributed by atoms with Crippen molar-refractivity contribution in [3.8, 4) is 0 Å². The van der Waals surface area contributed by atoms with Crippen LogP contribution in [0.1, 0.15) is 11.7 Å². The van der Waals surface area contributed by atoms with E-state index in [1.165, 1.54) is 0 Å². The number of ether oxygens (including phenoxy) is 1. The number of alkyl halides is 2. The van der Waals surface area contributed by atoms with Crippen molar-refractivity contribution in [2.24, 2.45) is 0 Å². The topological polar surface area (TPSA) is 41.5 Å². The minimum atomic E-state index is -2.46. The van der Waals surface area contributed by atoms with Gasteiger partial charge in [0.15, 0.2) is 0 Å². The molecule has 1 unspecified atom stereocenters. The van der Waals surface area contributed by atoms with E-state index >= 15 is 0 Å². The molecule has 0 fully saturated rings. The molecule has 1 rings (SSSR count). The monoisotopic (exact) mass is 313 g/mol. The fourth-order valence-electron chi connectivity index (χ4n) is 1.44. The number of aliphatic hydroxyl groups is 1. The van der Waals surface area contributed by atoms with Gasteiger partial charge in [-0.1, -0.05) is 23.2 Å². The van der Waals surface area contributed by atoms with Crippen LogP contribution in [0.4, 0.5) is 8.78 Å². The summed E-state index contributed by atoms with van der Waals surface area (Å²) in [5.74, 6) is 0. The fraction of sp³-hybridized carbons (Fsp3) is 0.500. The van der Waals surface area contributed by atoms with Crippen LogP contribution in [0.3, 0.4) is 0 Å². The summed E-state index contributed by atoms with van der Waals surface area (Å²) in [6.45, 7) is 0.171. The maximum Gasteiger partial charge on any atom is 0.261 e. The number of halogens is 4. The number of nitrogens with one attached hydrogen (secondary N) is 1. The zero-order chi connectivity index (χ0) is 14.3. The Labute approximate surface area is 120 Å². The summed E-state index contributed by atoms with van der Waals surface area (Å²) in [7, 11) is 0. The van der Waals surface area contributed by atoms with Gasteiger partial charge in [0.1, 0.15) is 6.61 Å². The number of benzene rings is 1. The van der Waals surface area contributed by atoms with E-state index in [4.69, 9.17) is 23.2 Å². The quantitative estimate of drug-likeness (QED) is 0.725. The molecule has 0 aliphatic carbocycles. The summed E-state index contributed by atoms with van der Waals surface area (Å²) in [5, 5.41) is 13.7. The molecular weight excluding hydrogens is 299 g/mol.